The molecule has 26 heavy (non-hydrogen) atoms. The van der Waals surface area contributed by atoms with E-state index in [9.17, 15) is 19.2 Å². The summed E-state index contributed by atoms with van der Waals surface area (Å²) in [5, 5.41) is 0. The van der Waals surface area contributed by atoms with Crippen molar-refractivity contribution in [2.45, 2.75) is 83.7 Å². The highest BCUT2D eigenvalue weighted by atomic mass is 16.6. The number of ether oxygens (including phenoxy) is 4. The maximum absolute atomic E-state index is 12.0. The summed E-state index contributed by atoms with van der Waals surface area (Å²) in [7, 11) is 0. The van der Waals surface area contributed by atoms with E-state index in [-0.39, 0.29) is 25.9 Å². The van der Waals surface area contributed by atoms with E-state index >= 15 is 0 Å². The van der Waals surface area contributed by atoms with Crippen LogP contribution in [0.3, 0.4) is 0 Å². The average Bonchev–Trinajstić information content (AvgIpc) is 2.58. The lowest BCUT2D eigenvalue weighted by molar-refractivity contribution is -0.223. The topological polar surface area (TPSA) is 105 Å². The van der Waals surface area contributed by atoms with Gasteiger partial charge in [-0.3, -0.25) is 14.4 Å². The second-order valence-electron chi connectivity index (χ2n) is 6.12. The van der Waals surface area contributed by atoms with Crippen LogP contribution in [0.1, 0.15) is 59.3 Å². The molecule has 0 N–H and O–H groups in total. The average molecular weight is 372 g/mol. The fourth-order valence-electron chi connectivity index (χ4n) is 2.55. The molecule has 0 amide bonds. The minimum Gasteiger partial charge on any atom is -0.456 e. The smallest absolute Gasteiger partial charge is 0.306 e. The van der Waals surface area contributed by atoms with Crippen LogP contribution in [0.2, 0.25) is 0 Å². The van der Waals surface area contributed by atoms with Gasteiger partial charge in [0, 0.05) is 19.3 Å². The number of esters is 3. The van der Waals surface area contributed by atoms with Crippen LogP contribution in [0.5, 0.6) is 0 Å². The highest BCUT2D eigenvalue weighted by molar-refractivity contribution is 5.72. The van der Waals surface area contributed by atoms with Gasteiger partial charge in [0.25, 0.3) is 0 Å². The summed E-state index contributed by atoms with van der Waals surface area (Å²) in [6.45, 7) is 5.33. The van der Waals surface area contributed by atoms with Gasteiger partial charge < -0.3 is 23.7 Å². The Morgan fingerprint density at radius 1 is 0.846 bits per heavy atom. The van der Waals surface area contributed by atoms with E-state index < -0.39 is 42.3 Å². The third-order valence-electron chi connectivity index (χ3n) is 3.78. The van der Waals surface area contributed by atoms with Gasteiger partial charge in [0.1, 0.15) is 0 Å². The molecule has 8 nitrogen and oxygen atoms in total. The first-order chi connectivity index (χ1) is 12.5. The van der Waals surface area contributed by atoms with E-state index in [1.165, 1.54) is 0 Å². The number of aldehydes is 1. The van der Waals surface area contributed by atoms with Gasteiger partial charge in [-0.2, -0.15) is 0 Å². The quantitative estimate of drug-likeness (QED) is 0.324. The van der Waals surface area contributed by atoms with E-state index in [0.717, 1.165) is 0 Å². The van der Waals surface area contributed by atoms with Gasteiger partial charge in [0.15, 0.2) is 30.7 Å². The normalized spacial score (nSPS) is 25.2. The third kappa shape index (κ3) is 6.74. The van der Waals surface area contributed by atoms with Crippen LogP contribution in [-0.2, 0) is 38.1 Å². The minimum absolute atomic E-state index is 0.120. The Balaban J connectivity index is 3.00. The van der Waals surface area contributed by atoms with E-state index in [0.29, 0.717) is 25.5 Å². The minimum atomic E-state index is -1.15. The van der Waals surface area contributed by atoms with Gasteiger partial charge in [-0.15, -0.1) is 0 Å². The van der Waals surface area contributed by atoms with Gasteiger partial charge in [0.2, 0.25) is 0 Å². The van der Waals surface area contributed by atoms with Crippen molar-refractivity contribution in [3.05, 3.63) is 0 Å². The molecule has 0 aromatic heterocycles. The molecule has 1 heterocycles. The number of carbonyl (C=O) groups excluding carboxylic acids is 4. The zero-order chi connectivity index (χ0) is 19.5. The van der Waals surface area contributed by atoms with Crippen LogP contribution < -0.4 is 0 Å². The molecule has 0 aromatic carbocycles. The highest BCUT2D eigenvalue weighted by Crippen LogP contribution is 2.24. The van der Waals surface area contributed by atoms with E-state index in [1.807, 2.05) is 20.8 Å². The molecule has 1 unspecified atom stereocenters. The van der Waals surface area contributed by atoms with Crippen molar-refractivity contribution in [2.75, 3.05) is 6.61 Å². The number of hydrogen-bond donors (Lipinski definition) is 0. The Labute approximate surface area is 153 Å². The maximum Gasteiger partial charge on any atom is 0.306 e. The number of carbonyl (C=O) groups is 4. The lowest BCUT2D eigenvalue weighted by Crippen LogP contribution is -2.58. The lowest BCUT2D eigenvalue weighted by atomic mass is 9.99. The summed E-state index contributed by atoms with van der Waals surface area (Å²) >= 11 is 0. The molecule has 1 fully saturated rings. The van der Waals surface area contributed by atoms with Crippen LogP contribution in [0.15, 0.2) is 0 Å². The van der Waals surface area contributed by atoms with Crippen LogP contribution in [0.4, 0.5) is 0 Å². The van der Waals surface area contributed by atoms with Gasteiger partial charge in [0.05, 0.1) is 6.61 Å². The predicted molar refractivity (Wildman–Crippen MR) is 90.2 cm³/mol. The molecule has 0 aliphatic carbocycles. The van der Waals surface area contributed by atoms with E-state index in [4.69, 9.17) is 18.9 Å². The number of hydrogen-bond acceptors (Lipinski definition) is 8. The first kappa shape index (κ1) is 22.1. The van der Waals surface area contributed by atoms with E-state index in [2.05, 4.69) is 0 Å². The summed E-state index contributed by atoms with van der Waals surface area (Å²) in [6, 6.07) is 0. The zero-order valence-electron chi connectivity index (χ0n) is 15.6. The van der Waals surface area contributed by atoms with Crippen molar-refractivity contribution in [2.24, 2.45) is 0 Å². The van der Waals surface area contributed by atoms with Crippen molar-refractivity contribution < 1.29 is 38.1 Å². The molecule has 4 atom stereocenters. The van der Waals surface area contributed by atoms with Gasteiger partial charge in [-0.25, -0.2) is 0 Å². The fourth-order valence-corrected chi connectivity index (χ4v) is 2.55. The summed E-state index contributed by atoms with van der Waals surface area (Å²) in [5.41, 5.74) is 0. The maximum atomic E-state index is 12.0. The van der Waals surface area contributed by atoms with Crippen molar-refractivity contribution in [1.82, 2.24) is 0 Å². The van der Waals surface area contributed by atoms with Gasteiger partial charge in [-0.1, -0.05) is 20.8 Å². The van der Waals surface area contributed by atoms with Crippen LogP contribution in [0.25, 0.3) is 0 Å². The largest absolute Gasteiger partial charge is 0.456 e. The van der Waals surface area contributed by atoms with Gasteiger partial charge in [-0.05, 0) is 19.3 Å². The standard InChI is InChI=1S/C18H28O8/c1-4-7-14(20)24-13-11-23-12(10-19)17(25-15(21)8-5-2)18(13)26-16(22)9-6-3/h10,12-13,17-18H,4-9,11H2,1-3H3/t12?,13-,17+,18-/m1/s1. The Morgan fingerprint density at radius 3 is 1.77 bits per heavy atom. The van der Waals surface area contributed by atoms with Crippen molar-refractivity contribution in [3.8, 4) is 0 Å². The Kier molecular flexibility index (Phi) is 9.87. The molecule has 0 bridgehead atoms. The second kappa shape index (κ2) is 11.6. The molecule has 8 heteroatoms. The molecule has 1 aliphatic rings. The molecule has 0 saturated carbocycles. The lowest BCUT2D eigenvalue weighted by Gasteiger charge is -2.39. The SMILES string of the molecule is CCCC(=O)O[C@@H]1[C@H](OC(=O)CCC)COC(C=O)[C@@H]1OC(=O)CCC. The van der Waals surface area contributed by atoms with Crippen molar-refractivity contribution >= 4 is 24.2 Å². The fraction of sp³-hybridized carbons (Fsp3) is 0.778. The van der Waals surface area contributed by atoms with Crippen molar-refractivity contribution in [1.29, 1.82) is 0 Å². The Hall–Kier alpha value is -1.96. The summed E-state index contributed by atoms with van der Waals surface area (Å²) in [5.74, 6) is -1.53. The van der Waals surface area contributed by atoms with Gasteiger partial charge >= 0.3 is 17.9 Å². The highest BCUT2D eigenvalue weighted by Gasteiger charge is 2.47. The molecule has 0 aromatic rings. The molecular formula is C18H28O8. The predicted octanol–water partition coefficient (Wildman–Crippen LogP) is 1.72. The summed E-state index contributed by atoms with van der Waals surface area (Å²) in [4.78, 5) is 47.1. The Morgan fingerprint density at radius 2 is 1.31 bits per heavy atom. The first-order valence-corrected chi connectivity index (χ1v) is 9.12. The molecule has 1 saturated heterocycles. The van der Waals surface area contributed by atoms with Crippen molar-refractivity contribution in [3.63, 3.8) is 0 Å². The molecule has 0 spiro atoms. The molecule has 1 rings (SSSR count). The van der Waals surface area contributed by atoms with Crippen LogP contribution in [0, 0.1) is 0 Å². The molecule has 148 valence electrons. The number of rotatable bonds is 10. The third-order valence-corrected chi connectivity index (χ3v) is 3.78. The zero-order valence-corrected chi connectivity index (χ0v) is 15.6. The van der Waals surface area contributed by atoms with E-state index in [1.54, 1.807) is 0 Å². The first-order valence-electron chi connectivity index (χ1n) is 9.12. The Bertz CT molecular complexity index is 490. The van der Waals surface area contributed by atoms with Crippen LogP contribution in [-0.4, -0.2) is 55.2 Å². The second-order valence-corrected chi connectivity index (χ2v) is 6.12. The molecular weight excluding hydrogens is 344 g/mol. The van der Waals surface area contributed by atoms with Crippen LogP contribution >= 0.6 is 0 Å². The molecule has 0 radical (unpaired) electrons. The monoisotopic (exact) mass is 372 g/mol. The summed E-state index contributed by atoms with van der Waals surface area (Å²) in [6.07, 6.45) is -1.53. The summed E-state index contributed by atoms with van der Waals surface area (Å²) < 4.78 is 21.5. The molecule has 1 aliphatic heterocycles.